The molecule has 2 N–H and O–H groups in total. The second kappa shape index (κ2) is 10.1. The second-order valence-corrected chi connectivity index (χ2v) is 5.73. The number of terminal acetylenes is 1. The number of likely N-dealkylation sites (N-methyl/N-ethyl adjacent to an activating group) is 1. The van der Waals surface area contributed by atoms with E-state index >= 15 is 0 Å². The first-order valence-corrected chi connectivity index (χ1v) is 7.86. The van der Waals surface area contributed by atoms with Crippen molar-refractivity contribution < 1.29 is 27.5 Å². The number of esters is 1. The normalized spacial score (nSPS) is 19.0. The Labute approximate surface area is 144 Å². The molecule has 0 aliphatic carbocycles. The van der Waals surface area contributed by atoms with Crippen molar-refractivity contribution in [3.8, 4) is 12.3 Å². The number of carbonyl (C=O) groups excluding carboxylic acids is 2. The van der Waals surface area contributed by atoms with E-state index in [1.54, 1.807) is 11.9 Å². The Bertz CT molecular complexity index is 533. The Morgan fingerprint density at radius 1 is 1.44 bits per heavy atom. The molecule has 0 bridgehead atoms. The summed E-state index contributed by atoms with van der Waals surface area (Å²) in [5.74, 6) is -1.62. The van der Waals surface area contributed by atoms with Crippen molar-refractivity contribution >= 4 is 11.9 Å². The van der Waals surface area contributed by atoms with Crippen molar-refractivity contribution in [3.63, 3.8) is 0 Å². The fourth-order valence-electron chi connectivity index (χ4n) is 2.20. The van der Waals surface area contributed by atoms with Gasteiger partial charge in [0.2, 0.25) is 0 Å². The zero-order valence-electron chi connectivity index (χ0n) is 14.0. The van der Waals surface area contributed by atoms with Crippen LogP contribution in [0.3, 0.4) is 0 Å². The van der Waals surface area contributed by atoms with E-state index in [-0.39, 0.29) is 19.1 Å². The Hall–Kier alpha value is -2.05. The summed E-state index contributed by atoms with van der Waals surface area (Å²) in [6.45, 7) is 1.60. The summed E-state index contributed by atoms with van der Waals surface area (Å²) in [5.41, 5.74) is 0. The van der Waals surface area contributed by atoms with Crippen LogP contribution in [0.4, 0.5) is 13.2 Å². The van der Waals surface area contributed by atoms with Crippen molar-refractivity contribution in [2.75, 3.05) is 33.2 Å². The van der Waals surface area contributed by atoms with E-state index < -0.39 is 23.8 Å². The highest BCUT2D eigenvalue weighted by atomic mass is 19.4. The third kappa shape index (κ3) is 8.05. The van der Waals surface area contributed by atoms with E-state index in [1.807, 2.05) is 0 Å². The van der Waals surface area contributed by atoms with Crippen molar-refractivity contribution in [1.29, 1.82) is 0 Å². The van der Waals surface area contributed by atoms with Crippen molar-refractivity contribution in [3.05, 3.63) is 11.8 Å². The van der Waals surface area contributed by atoms with Gasteiger partial charge in [-0.25, -0.2) is 4.79 Å². The maximum absolute atomic E-state index is 12.4. The molecule has 1 saturated heterocycles. The maximum Gasteiger partial charge on any atom is 0.491 e. The van der Waals surface area contributed by atoms with Gasteiger partial charge in [-0.05, 0) is 32.5 Å². The molecule has 0 unspecified atom stereocenters. The fourth-order valence-corrected chi connectivity index (χ4v) is 2.20. The van der Waals surface area contributed by atoms with Gasteiger partial charge in [0, 0.05) is 19.1 Å². The van der Waals surface area contributed by atoms with Crippen LogP contribution in [0.25, 0.3) is 0 Å². The standard InChI is InChI=1S/C16H22F3N3O3/c1-3-9-22(2)10-7-13(25-15(24)16(17,18)19)14(23)21-12-6-4-5-8-20-11-12/h1,7,12,20H,4-6,8-11H2,2H3,(H,21,23)/b13-7+/t12-/m0/s1. The molecule has 6 nitrogen and oxygen atoms in total. The number of hydrogen-bond acceptors (Lipinski definition) is 5. The summed E-state index contributed by atoms with van der Waals surface area (Å²) in [5, 5.41) is 5.72. The topological polar surface area (TPSA) is 70.7 Å². The van der Waals surface area contributed by atoms with E-state index in [9.17, 15) is 22.8 Å². The van der Waals surface area contributed by atoms with Gasteiger partial charge in [0.15, 0.2) is 5.76 Å². The molecule has 1 aliphatic rings. The van der Waals surface area contributed by atoms with Gasteiger partial charge < -0.3 is 15.4 Å². The molecular weight excluding hydrogens is 339 g/mol. The van der Waals surface area contributed by atoms with Crippen molar-refractivity contribution in [2.24, 2.45) is 0 Å². The summed E-state index contributed by atoms with van der Waals surface area (Å²) >= 11 is 0. The molecule has 1 atom stereocenters. The summed E-state index contributed by atoms with van der Waals surface area (Å²) in [4.78, 5) is 24.9. The first-order valence-electron chi connectivity index (χ1n) is 7.86. The summed E-state index contributed by atoms with van der Waals surface area (Å²) in [7, 11) is 1.62. The predicted octanol–water partition coefficient (Wildman–Crippen LogP) is 0.799. The van der Waals surface area contributed by atoms with Gasteiger partial charge in [-0.2, -0.15) is 13.2 Å². The summed E-state index contributed by atoms with van der Waals surface area (Å²) in [6, 6.07) is -0.244. The van der Waals surface area contributed by atoms with Crippen LogP contribution in [0.1, 0.15) is 19.3 Å². The Balaban J connectivity index is 2.80. The lowest BCUT2D eigenvalue weighted by Gasteiger charge is -2.18. The number of halogens is 3. The Morgan fingerprint density at radius 2 is 2.16 bits per heavy atom. The highest BCUT2D eigenvalue weighted by Gasteiger charge is 2.42. The van der Waals surface area contributed by atoms with Crippen LogP contribution in [0.5, 0.6) is 0 Å². The average molecular weight is 361 g/mol. The zero-order valence-corrected chi connectivity index (χ0v) is 14.0. The fraction of sp³-hybridized carbons (Fsp3) is 0.625. The first kappa shape index (κ1) is 21.0. The largest absolute Gasteiger partial charge is 0.491 e. The molecule has 9 heteroatoms. The molecule has 1 rings (SSSR count). The quantitative estimate of drug-likeness (QED) is 0.317. The zero-order chi connectivity index (χ0) is 18.9. The van der Waals surface area contributed by atoms with E-state index in [0.717, 1.165) is 25.5 Å². The van der Waals surface area contributed by atoms with Crippen LogP contribution in [0.15, 0.2) is 11.8 Å². The van der Waals surface area contributed by atoms with Crippen LogP contribution >= 0.6 is 0 Å². The van der Waals surface area contributed by atoms with Gasteiger partial charge in [0.05, 0.1) is 6.54 Å². The number of rotatable bonds is 6. The average Bonchev–Trinajstić information content (AvgIpc) is 2.79. The minimum atomic E-state index is -5.19. The van der Waals surface area contributed by atoms with Gasteiger partial charge in [0.25, 0.3) is 5.91 Å². The highest BCUT2D eigenvalue weighted by Crippen LogP contribution is 2.19. The van der Waals surface area contributed by atoms with Crippen LogP contribution in [-0.4, -0.2) is 62.2 Å². The van der Waals surface area contributed by atoms with Crippen molar-refractivity contribution in [2.45, 2.75) is 31.5 Å². The third-order valence-corrected chi connectivity index (χ3v) is 3.49. The summed E-state index contributed by atoms with van der Waals surface area (Å²) in [6.07, 6.45) is 3.59. The predicted molar refractivity (Wildman–Crippen MR) is 85.2 cm³/mol. The second-order valence-electron chi connectivity index (χ2n) is 5.73. The molecule has 1 heterocycles. The molecule has 1 amide bonds. The number of nitrogens with zero attached hydrogens (tertiary/aromatic N) is 1. The third-order valence-electron chi connectivity index (χ3n) is 3.49. The smallest absolute Gasteiger partial charge is 0.414 e. The lowest BCUT2D eigenvalue weighted by atomic mass is 10.1. The maximum atomic E-state index is 12.4. The SMILES string of the molecule is C#CCN(C)C/C=C(/OC(=O)C(F)(F)F)C(=O)N[C@H]1CCCCNC1. The summed E-state index contributed by atoms with van der Waals surface area (Å²) < 4.78 is 41.5. The number of ether oxygens (including phenoxy) is 1. The van der Waals surface area contributed by atoms with Gasteiger partial charge in [-0.3, -0.25) is 9.69 Å². The molecule has 0 spiro atoms. The molecule has 0 aromatic carbocycles. The lowest BCUT2D eigenvalue weighted by molar-refractivity contribution is -0.195. The van der Waals surface area contributed by atoms with Gasteiger partial charge in [-0.1, -0.05) is 12.3 Å². The molecule has 0 aromatic rings. The lowest BCUT2D eigenvalue weighted by Crippen LogP contribution is -2.42. The Morgan fingerprint density at radius 3 is 2.80 bits per heavy atom. The highest BCUT2D eigenvalue weighted by molar-refractivity contribution is 5.94. The number of amides is 1. The molecule has 1 fully saturated rings. The van der Waals surface area contributed by atoms with Crippen LogP contribution in [-0.2, 0) is 14.3 Å². The number of nitrogens with one attached hydrogen (secondary N) is 2. The minimum Gasteiger partial charge on any atom is -0.414 e. The number of carbonyl (C=O) groups is 2. The molecule has 0 saturated carbocycles. The van der Waals surface area contributed by atoms with Gasteiger partial charge in [0.1, 0.15) is 0 Å². The number of hydrogen-bond donors (Lipinski definition) is 2. The Kier molecular flexibility index (Phi) is 8.45. The first-order chi connectivity index (χ1) is 11.7. The molecule has 0 aromatic heterocycles. The number of alkyl halides is 3. The molecule has 1 aliphatic heterocycles. The van der Waals surface area contributed by atoms with Crippen LogP contribution in [0.2, 0.25) is 0 Å². The molecular formula is C16H22F3N3O3. The van der Waals surface area contributed by atoms with E-state index in [0.29, 0.717) is 13.0 Å². The van der Waals surface area contributed by atoms with Gasteiger partial charge >= 0.3 is 12.1 Å². The van der Waals surface area contributed by atoms with E-state index in [4.69, 9.17) is 6.42 Å². The van der Waals surface area contributed by atoms with Crippen molar-refractivity contribution in [1.82, 2.24) is 15.5 Å². The monoisotopic (exact) mass is 361 g/mol. The van der Waals surface area contributed by atoms with Crippen LogP contribution < -0.4 is 10.6 Å². The molecule has 25 heavy (non-hydrogen) atoms. The van der Waals surface area contributed by atoms with E-state index in [1.165, 1.54) is 0 Å². The van der Waals surface area contributed by atoms with Gasteiger partial charge in [-0.15, -0.1) is 6.42 Å². The van der Waals surface area contributed by atoms with E-state index in [2.05, 4.69) is 21.3 Å². The minimum absolute atomic E-state index is 0.0566. The molecule has 140 valence electrons. The molecule has 0 radical (unpaired) electrons. The van der Waals surface area contributed by atoms with Crippen LogP contribution in [0, 0.1) is 12.3 Å².